The zero-order valence-electron chi connectivity index (χ0n) is 20.2. The summed E-state index contributed by atoms with van der Waals surface area (Å²) < 4.78 is 5.17. The highest BCUT2D eigenvalue weighted by Crippen LogP contribution is 2.38. The molecule has 6 heteroatoms. The van der Waals surface area contributed by atoms with Gasteiger partial charge in [0.2, 0.25) is 0 Å². The number of nitrogens with two attached hydrogens (primary N) is 1. The van der Waals surface area contributed by atoms with Gasteiger partial charge in [-0.25, -0.2) is 9.78 Å². The third-order valence-electron chi connectivity index (χ3n) is 7.34. The van der Waals surface area contributed by atoms with Crippen LogP contribution in [0.25, 0.3) is 11.1 Å². The first-order chi connectivity index (χ1) is 17.5. The summed E-state index contributed by atoms with van der Waals surface area (Å²) in [5.74, 6) is 7.00. The maximum Gasteiger partial charge on any atom is 0.404 e. The van der Waals surface area contributed by atoms with Gasteiger partial charge in [0.05, 0.1) is 0 Å². The second-order valence-electron chi connectivity index (χ2n) is 9.65. The SMILES string of the molecule is NC(=O)OC1CCN(C2CCC(c3ccc(C#Cc4ccc(-c5ccc(Cl)cc5)cn4)cc3)C2)CC1. The van der Waals surface area contributed by atoms with E-state index in [1.165, 1.54) is 24.8 Å². The Balaban J connectivity index is 1.15. The number of halogens is 1. The van der Waals surface area contributed by atoms with Crippen LogP contribution in [0.15, 0.2) is 66.9 Å². The average Bonchev–Trinajstić information content (AvgIpc) is 3.39. The molecule has 2 atom stereocenters. The number of carbonyl (C=O) groups is 1. The molecule has 5 nitrogen and oxygen atoms in total. The van der Waals surface area contributed by atoms with Gasteiger partial charge >= 0.3 is 6.09 Å². The van der Waals surface area contributed by atoms with Crippen molar-refractivity contribution in [3.8, 4) is 23.0 Å². The van der Waals surface area contributed by atoms with Gasteiger partial charge in [0, 0.05) is 41.5 Å². The van der Waals surface area contributed by atoms with E-state index in [4.69, 9.17) is 22.1 Å². The highest BCUT2D eigenvalue weighted by molar-refractivity contribution is 6.30. The molecule has 0 radical (unpaired) electrons. The maximum absolute atomic E-state index is 11.0. The van der Waals surface area contributed by atoms with Crippen molar-refractivity contribution >= 4 is 17.7 Å². The number of hydrogen-bond acceptors (Lipinski definition) is 4. The van der Waals surface area contributed by atoms with Crippen LogP contribution in [0, 0.1) is 11.8 Å². The Kier molecular flexibility index (Phi) is 7.55. The molecule has 36 heavy (non-hydrogen) atoms. The largest absolute Gasteiger partial charge is 0.446 e. The maximum atomic E-state index is 11.0. The molecule has 3 aromatic rings. The van der Waals surface area contributed by atoms with Crippen LogP contribution in [-0.2, 0) is 4.74 Å². The van der Waals surface area contributed by atoms with Crippen molar-refractivity contribution in [2.45, 2.75) is 50.2 Å². The lowest BCUT2D eigenvalue weighted by Crippen LogP contribution is -2.43. The molecule has 2 aliphatic rings. The smallest absolute Gasteiger partial charge is 0.404 e. The minimum Gasteiger partial charge on any atom is -0.446 e. The number of benzene rings is 2. The highest BCUT2D eigenvalue weighted by atomic mass is 35.5. The zero-order chi connectivity index (χ0) is 24.9. The summed E-state index contributed by atoms with van der Waals surface area (Å²) >= 11 is 5.97. The third-order valence-corrected chi connectivity index (χ3v) is 7.59. The number of primary amides is 1. The Bertz CT molecular complexity index is 1240. The normalized spacial score (nSPS) is 20.5. The number of aromatic nitrogens is 1. The monoisotopic (exact) mass is 499 g/mol. The molecule has 0 bridgehead atoms. The lowest BCUT2D eigenvalue weighted by molar-refractivity contribution is 0.0429. The fourth-order valence-corrected chi connectivity index (χ4v) is 5.50. The van der Waals surface area contributed by atoms with E-state index >= 15 is 0 Å². The molecule has 5 rings (SSSR count). The van der Waals surface area contributed by atoms with E-state index < -0.39 is 6.09 Å². The molecular formula is C30H30ClN3O2. The van der Waals surface area contributed by atoms with Crippen LogP contribution in [0.2, 0.25) is 5.02 Å². The second kappa shape index (κ2) is 11.2. The average molecular weight is 500 g/mol. The lowest BCUT2D eigenvalue weighted by atomic mass is 9.96. The van der Waals surface area contributed by atoms with E-state index in [9.17, 15) is 4.79 Å². The summed E-state index contributed by atoms with van der Waals surface area (Å²) in [6, 6.07) is 21.0. The zero-order valence-corrected chi connectivity index (χ0v) is 21.0. The standard InChI is InChI=1S/C30H30ClN3O2/c31-26-10-6-23(7-11-26)25-8-13-27(33-20-25)12-3-21-1-4-22(5-2-21)24-9-14-28(19-24)34-17-15-29(16-18-34)36-30(32)35/h1-2,4-8,10-11,13,20,24,28-29H,9,14-19H2,(H2,32,35). The molecule has 2 aromatic carbocycles. The molecule has 2 fully saturated rings. The molecule has 1 aliphatic heterocycles. The van der Waals surface area contributed by atoms with E-state index in [-0.39, 0.29) is 6.10 Å². The first-order valence-electron chi connectivity index (χ1n) is 12.6. The molecule has 2 heterocycles. The van der Waals surface area contributed by atoms with Crippen molar-refractivity contribution in [3.63, 3.8) is 0 Å². The van der Waals surface area contributed by atoms with Gasteiger partial charge in [-0.1, -0.05) is 47.9 Å². The molecule has 1 amide bonds. The van der Waals surface area contributed by atoms with Gasteiger partial charge in [0.25, 0.3) is 0 Å². The van der Waals surface area contributed by atoms with Crippen molar-refractivity contribution in [2.75, 3.05) is 13.1 Å². The van der Waals surface area contributed by atoms with Gasteiger partial charge < -0.3 is 15.4 Å². The summed E-state index contributed by atoms with van der Waals surface area (Å²) in [5, 5.41) is 0.724. The fourth-order valence-electron chi connectivity index (χ4n) is 5.37. The van der Waals surface area contributed by atoms with Gasteiger partial charge in [-0.3, -0.25) is 0 Å². The van der Waals surface area contributed by atoms with Crippen LogP contribution in [0.1, 0.15) is 54.8 Å². The number of piperidine rings is 1. The van der Waals surface area contributed by atoms with Crippen LogP contribution in [0.5, 0.6) is 0 Å². The minimum absolute atomic E-state index is 0.0266. The van der Waals surface area contributed by atoms with Gasteiger partial charge in [-0.15, -0.1) is 0 Å². The van der Waals surface area contributed by atoms with Crippen LogP contribution >= 0.6 is 11.6 Å². The van der Waals surface area contributed by atoms with Gasteiger partial charge in [0.15, 0.2) is 0 Å². The second-order valence-corrected chi connectivity index (χ2v) is 10.1. The Morgan fingerprint density at radius 1 is 0.917 bits per heavy atom. The molecule has 1 saturated heterocycles. The number of ether oxygens (including phenoxy) is 1. The van der Waals surface area contributed by atoms with Crippen molar-refractivity contribution < 1.29 is 9.53 Å². The van der Waals surface area contributed by atoms with Crippen molar-refractivity contribution in [3.05, 3.63) is 88.7 Å². The van der Waals surface area contributed by atoms with E-state index in [1.54, 1.807) is 0 Å². The Hall–Kier alpha value is -3.33. The number of carbonyl (C=O) groups excluding carboxylic acids is 1. The number of likely N-dealkylation sites (tertiary alicyclic amines) is 1. The lowest BCUT2D eigenvalue weighted by Gasteiger charge is -2.35. The Morgan fingerprint density at radius 3 is 2.31 bits per heavy atom. The topological polar surface area (TPSA) is 68.5 Å². The van der Waals surface area contributed by atoms with Crippen molar-refractivity contribution in [1.29, 1.82) is 0 Å². The number of nitrogens with zero attached hydrogens (tertiary/aromatic N) is 2. The number of rotatable bonds is 4. The molecule has 184 valence electrons. The van der Waals surface area contributed by atoms with Gasteiger partial charge in [-0.05, 0) is 85.4 Å². The Morgan fingerprint density at radius 2 is 1.64 bits per heavy atom. The van der Waals surface area contributed by atoms with Gasteiger partial charge in [-0.2, -0.15) is 0 Å². The molecule has 1 aliphatic carbocycles. The van der Waals surface area contributed by atoms with Crippen LogP contribution < -0.4 is 5.73 Å². The molecule has 2 unspecified atom stereocenters. The molecule has 1 saturated carbocycles. The summed E-state index contributed by atoms with van der Waals surface area (Å²) in [6.45, 7) is 1.94. The molecule has 2 N–H and O–H groups in total. The highest BCUT2D eigenvalue weighted by Gasteiger charge is 2.32. The summed E-state index contributed by atoms with van der Waals surface area (Å²) in [4.78, 5) is 18.0. The van der Waals surface area contributed by atoms with Crippen LogP contribution in [0.3, 0.4) is 0 Å². The summed E-state index contributed by atoms with van der Waals surface area (Å²) in [5.41, 5.74) is 10.4. The number of pyridine rings is 1. The van der Waals surface area contributed by atoms with Crippen molar-refractivity contribution in [1.82, 2.24) is 9.88 Å². The third kappa shape index (κ3) is 6.07. The predicted octanol–water partition coefficient (Wildman–Crippen LogP) is 6.00. The summed E-state index contributed by atoms with van der Waals surface area (Å²) in [6.07, 6.45) is 6.50. The van der Waals surface area contributed by atoms with E-state index in [0.717, 1.165) is 53.3 Å². The first kappa shape index (κ1) is 24.4. The molecular weight excluding hydrogens is 470 g/mol. The Labute approximate surface area is 217 Å². The van der Waals surface area contributed by atoms with E-state index in [0.29, 0.717) is 12.0 Å². The first-order valence-corrected chi connectivity index (χ1v) is 13.0. The quantitative estimate of drug-likeness (QED) is 0.447. The predicted molar refractivity (Wildman–Crippen MR) is 143 cm³/mol. The molecule has 0 spiro atoms. The van der Waals surface area contributed by atoms with E-state index in [2.05, 4.69) is 46.0 Å². The fraction of sp³-hybridized carbons (Fsp3) is 0.333. The van der Waals surface area contributed by atoms with Crippen LogP contribution in [0.4, 0.5) is 4.79 Å². The minimum atomic E-state index is -0.661. The van der Waals surface area contributed by atoms with Gasteiger partial charge in [0.1, 0.15) is 11.8 Å². The summed E-state index contributed by atoms with van der Waals surface area (Å²) in [7, 11) is 0. The van der Waals surface area contributed by atoms with Crippen molar-refractivity contribution in [2.24, 2.45) is 5.73 Å². The number of hydrogen-bond donors (Lipinski definition) is 1. The van der Waals surface area contributed by atoms with Crippen LogP contribution in [-0.4, -0.2) is 41.2 Å². The molecule has 1 aromatic heterocycles. The number of amides is 1. The van der Waals surface area contributed by atoms with E-state index in [1.807, 2.05) is 42.6 Å².